The highest BCUT2D eigenvalue weighted by Crippen LogP contribution is 2.62. The van der Waals surface area contributed by atoms with E-state index in [0.717, 1.165) is 22.6 Å². The van der Waals surface area contributed by atoms with Crippen LogP contribution in [0.25, 0.3) is 0 Å². The standard InChI is InChI=1S/C13H12F15IO/c14-7(15,5-6(29)3-1-2-4-30)8(16,17)9(18,19)10(20,21)11(22,23)12(24,25)13(26,27)28/h6,30H,1-5H2. The van der Waals surface area contributed by atoms with Crippen molar-refractivity contribution in [2.75, 3.05) is 6.61 Å². The SMILES string of the molecule is OCCCCC(I)CC(F)(F)C(F)(F)C(F)(F)C(F)(F)C(F)(F)C(F)(F)C(F)(F)F. The zero-order valence-corrected chi connectivity index (χ0v) is 16.3. The predicted octanol–water partition coefficient (Wildman–Crippen LogP) is 6.72. The molecule has 0 radical (unpaired) electrons. The summed E-state index contributed by atoms with van der Waals surface area (Å²) in [6.45, 7) is -0.483. The third-order valence-corrected chi connectivity index (χ3v) is 4.86. The van der Waals surface area contributed by atoms with E-state index in [0.29, 0.717) is 0 Å². The number of hydrogen-bond donors (Lipinski definition) is 1. The highest BCUT2D eigenvalue weighted by molar-refractivity contribution is 14.1. The summed E-state index contributed by atoms with van der Waals surface area (Å²) in [6, 6.07) is 0. The van der Waals surface area contributed by atoms with Gasteiger partial charge in [0.15, 0.2) is 0 Å². The molecule has 0 aromatic carbocycles. The Morgan fingerprint density at radius 2 is 0.933 bits per heavy atom. The molecule has 0 rings (SSSR count). The average molecular weight is 596 g/mol. The van der Waals surface area contributed by atoms with Gasteiger partial charge in [-0.2, -0.15) is 65.9 Å². The molecule has 0 aliphatic carbocycles. The number of halogens is 16. The van der Waals surface area contributed by atoms with Crippen molar-refractivity contribution < 1.29 is 71.0 Å². The van der Waals surface area contributed by atoms with Gasteiger partial charge in [0.2, 0.25) is 0 Å². The molecule has 0 spiro atoms. The van der Waals surface area contributed by atoms with Crippen molar-refractivity contribution in [2.24, 2.45) is 0 Å². The number of rotatable bonds is 11. The van der Waals surface area contributed by atoms with Crippen molar-refractivity contribution in [1.29, 1.82) is 0 Å². The molecule has 0 aromatic rings. The first-order valence-electron chi connectivity index (χ1n) is 7.54. The zero-order valence-electron chi connectivity index (χ0n) is 14.1. The molecule has 0 saturated carbocycles. The second-order valence-electron chi connectivity index (χ2n) is 6.09. The Hall–Kier alpha value is -0.360. The van der Waals surface area contributed by atoms with Crippen LogP contribution in [0.15, 0.2) is 0 Å². The topological polar surface area (TPSA) is 20.2 Å². The van der Waals surface area contributed by atoms with Crippen LogP contribution in [0.1, 0.15) is 25.7 Å². The predicted molar refractivity (Wildman–Crippen MR) is 79.1 cm³/mol. The maximum Gasteiger partial charge on any atom is 0.460 e. The molecule has 30 heavy (non-hydrogen) atoms. The molecule has 0 amide bonds. The Morgan fingerprint density at radius 1 is 0.567 bits per heavy atom. The average Bonchev–Trinajstić information content (AvgIpc) is 2.52. The monoisotopic (exact) mass is 596 g/mol. The summed E-state index contributed by atoms with van der Waals surface area (Å²) >= 11 is 0.991. The van der Waals surface area contributed by atoms with Crippen LogP contribution in [-0.2, 0) is 0 Å². The minimum atomic E-state index is -8.25. The van der Waals surface area contributed by atoms with Gasteiger partial charge in [-0.05, 0) is 12.8 Å². The maximum absolute atomic E-state index is 13.6. The van der Waals surface area contributed by atoms with E-state index in [9.17, 15) is 65.9 Å². The summed E-state index contributed by atoms with van der Waals surface area (Å²) in [6.07, 6.45) is -10.6. The smallest absolute Gasteiger partial charge is 0.396 e. The quantitative estimate of drug-likeness (QED) is 0.122. The minimum Gasteiger partial charge on any atom is -0.396 e. The van der Waals surface area contributed by atoms with Crippen molar-refractivity contribution in [3.05, 3.63) is 0 Å². The van der Waals surface area contributed by atoms with E-state index < -0.39 is 65.1 Å². The van der Waals surface area contributed by atoms with Crippen LogP contribution < -0.4 is 0 Å². The Morgan fingerprint density at radius 3 is 1.30 bits per heavy atom. The highest BCUT2D eigenvalue weighted by atomic mass is 127. The van der Waals surface area contributed by atoms with Crippen LogP contribution in [0.2, 0.25) is 0 Å². The largest absolute Gasteiger partial charge is 0.460 e. The fraction of sp³-hybridized carbons (Fsp3) is 1.00. The number of unbranched alkanes of at least 4 members (excludes halogenated alkanes) is 1. The van der Waals surface area contributed by atoms with Crippen LogP contribution in [0.3, 0.4) is 0 Å². The molecule has 1 nitrogen and oxygen atoms in total. The van der Waals surface area contributed by atoms with Gasteiger partial charge in [0.05, 0.1) is 0 Å². The molecule has 17 heteroatoms. The van der Waals surface area contributed by atoms with Gasteiger partial charge >= 0.3 is 41.7 Å². The molecule has 0 heterocycles. The Kier molecular flexibility index (Phi) is 8.77. The van der Waals surface area contributed by atoms with Gasteiger partial charge in [-0.25, -0.2) is 0 Å². The molecule has 1 unspecified atom stereocenters. The zero-order chi connectivity index (χ0) is 24.6. The molecule has 0 fully saturated rings. The Labute approximate surface area is 172 Å². The van der Waals surface area contributed by atoms with Gasteiger partial charge in [-0.1, -0.05) is 29.0 Å². The van der Waals surface area contributed by atoms with Gasteiger partial charge in [0, 0.05) is 17.0 Å². The molecule has 1 N–H and O–H groups in total. The molecule has 0 aliphatic heterocycles. The molecule has 0 bridgehead atoms. The van der Waals surface area contributed by atoms with E-state index in [-0.39, 0.29) is 12.8 Å². The van der Waals surface area contributed by atoms with E-state index in [1.807, 2.05) is 0 Å². The van der Waals surface area contributed by atoms with Gasteiger partial charge in [0.25, 0.3) is 0 Å². The van der Waals surface area contributed by atoms with Crippen molar-refractivity contribution in [1.82, 2.24) is 0 Å². The summed E-state index contributed by atoms with van der Waals surface area (Å²) in [5, 5.41) is 8.47. The summed E-state index contributed by atoms with van der Waals surface area (Å²) < 4.78 is 193. The van der Waals surface area contributed by atoms with Crippen LogP contribution in [0, 0.1) is 0 Å². The van der Waals surface area contributed by atoms with Crippen molar-refractivity contribution in [3.8, 4) is 0 Å². The van der Waals surface area contributed by atoms with E-state index in [2.05, 4.69) is 0 Å². The van der Waals surface area contributed by atoms with Crippen LogP contribution in [0.5, 0.6) is 0 Å². The molecular weight excluding hydrogens is 584 g/mol. The van der Waals surface area contributed by atoms with E-state index in [1.165, 1.54) is 0 Å². The first-order valence-corrected chi connectivity index (χ1v) is 8.78. The third-order valence-electron chi connectivity index (χ3n) is 3.80. The Bertz CT molecular complexity index is 571. The molecule has 0 aromatic heterocycles. The number of hydrogen-bond acceptors (Lipinski definition) is 1. The molecular formula is C13H12F15IO. The summed E-state index contributed by atoms with van der Waals surface area (Å²) in [4.78, 5) is 0. The van der Waals surface area contributed by atoms with E-state index in [1.54, 1.807) is 0 Å². The first kappa shape index (κ1) is 29.6. The molecule has 0 aliphatic rings. The van der Waals surface area contributed by atoms with Crippen LogP contribution in [-0.4, -0.2) is 57.3 Å². The van der Waals surface area contributed by atoms with Crippen molar-refractivity contribution >= 4 is 22.6 Å². The van der Waals surface area contributed by atoms with Crippen LogP contribution in [0.4, 0.5) is 65.9 Å². The first-order chi connectivity index (χ1) is 13.0. The fourth-order valence-corrected chi connectivity index (χ4v) is 2.98. The highest BCUT2D eigenvalue weighted by Gasteiger charge is 2.93. The molecule has 1 atom stereocenters. The normalized spacial score (nSPS) is 16.7. The number of aliphatic hydroxyl groups excluding tert-OH is 1. The number of alkyl halides is 16. The molecule has 182 valence electrons. The second kappa shape index (κ2) is 8.88. The summed E-state index contributed by atoms with van der Waals surface area (Å²) in [5.41, 5.74) is 0. The lowest BCUT2D eigenvalue weighted by Crippen LogP contribution is -2.72. The van der Waals surface area contributed by atoms with Gasteiger partial charge in [-0.15, -0.1) is 0 Å². The summed E-state index contributed by atoms with van der Waals surface area (Å²) in [7, 11) is 0. The number of aliphatic hydroxyl groups is 1. The molecule has 0 saturated heterocycles. The Balaban J connectivity index is 6.11. The third kappa shape index (κ3) is 4.84. The van der Waals surface area contributed by atoms with Crippen LogP contribution >= 0.6 is 22.6 Å². The maximum atomic E-state index is 13.6. The van der Waals surface area contributed by atoms with Gasteiger partial charge < -0.3 is 5.11 Å². The van der Waals surface area contributed by atoms with Crippen molar-refractivity contribution in [3.63, 3.8) is 0 Å². The minimum absolute atomic E-state index is 0.0611. The lowest BCUT2D eigenvalue weighted by Gasteiger charge is -2.41. The van der Waals surface area contributed by atoms with E-state index in [4.69, 9.17) is 5.11 Å². The van der Waals surface area contributed by atoms with Gasteiger partial charge in [0.1, 0.15) is 0 Å². The second-order valence-corrected chi connectivity index (χ2v) is 7.86. The fourth-order valence-electron chi connectivity index (χ4n) is 1.99. The summed E-state index contributed by atoms with van der Waals surface area (Å²) in [5.74, 6) is -46.1. The van der Waals surface area contributed by atoms with Gasteiger partial charge in [-0.3, -0.25) is 0 Å². The van der Waals surface area contributed by atoms with Crippen molar-refractivity contribution in [2.45, 2.75) is 71.3 Å². The lowest BCUT2D eigenvalue weighted by molar-refractivity contribution is -0.452. The van der Waals surface area contributed by atoms with E-state index >= 15 is 0 Å². The lowest BCUT2D eigenvalue weighted by atomic mass is 9.89.